The topological polar surface area (TPSA) is 78.4 Å². The molecule has 1 saturated carbocycles. The zero-order valence-corrected chi connectivity index (χ0v) is 11.2. The van der Waals surface area contributed by atoms with E-state index in [1.54, 1.807) is 18.2 Å². The van der Waals surface area contributed by atoms with Crippen LogP contribution in [0.2, 0.25) is 0 Å². The Morgan fingerprint density at radius 3 is 2.44 bits per heavy atom. The highest BCUT2D eigenvalue weighted by Gasteiger charge is 2.45. The molecular weight excluding hydrogens is 300 g/mol. The maximum atomic E-state index is 11.8. The van der Waals surface area contributed by atoms with Crippen LogP contribution in [-0.2, 0) is 4.79 Å². The molecule has 3 N–H and O–H groups in total. The molecule has 0 radical (unpaired) electrons. The van der Waals surface area contributed by atoms with Crippen LogP contribution in [0.4, 0.5) is 10.5 Å². The van der Waals surface area contributed by atoms with E-state index in [2.05, 4.69) is 26.6 Å². The van der Waals surface area contributed by atoms with Gasteiger partial charge in [-0.3, -0.25) is 0 Å². The smallest absolute Gasteiger partial charge is 0.329 e. The summed E-state index contributed by atoms with van der Waals surface area (Å²) in [5, 5.41) is 14.3. The molecule has 0 bridgehead atoms. The Balaban J connectivity index is 2.01. The van der Waals surface area contributed by atoms with Crippen molar-refractivity contribution in [2.24, 2.45) is 0 Å². The Labute approximate surface area is 113 Å². The number of amides is 2. The van der Waals surface area contributed by atoms with Crippen LogP contribution in [0.1, 0.15) is 19.3 Å². The van der Waals surface area contributed by atoms with Gasteiger partial charge in [-0.2, -0.15) is 0 Å². The van der Waals surface area contributed by atoms with Crippen LogP contribution in [0.3, 0.4) is 0 Å². The second kappa shape index (κ2) is 4.97. The van der Waals surface area contributed by atoms with E-state index in [4.69, 9.17) is 5.11 Å². The van der Waals surface area contributed by atoms with Crippen LogP contribution in [0, 0.1) is 0 Å². The average Bonchev–Trinajstić information content (AvgIpc) is 2.26. The predicted octanol–water partition coefficient (Wildman–Crippen LogP) is 2.58. The van der Waals surface area contributed by atoms with Crippen LogP contribution in [0.5, 0.6) is 0 Å². The van der Waals surface area contributed by atoms with E-state index in [0.29, 0.717) is 18.5 Å². The summed E-state index contributed by atoms with van der Waals surface area (Å²) in [6.07, 6.45) is 1.78. The molecule has 0 atom stereocenters. The molecule has 1 aromatic rings. The van der Waals surface area contributed by atoms with E-state index >= 15 is 0 Å². The molecule has 0 saturated heterocycles. The number of para-hydroxylation sites is 1. The largest absolute Gasteiger partial charge is 0.480 e. The van der Waals surface area contributed by atoms with Crippen LogP contribution < -0.4 is 10.6 Å². The van der Waals surface area contributed by atoms with Crippen molar-refractivity contribution in [1.29, 1.82) is 0 Å². The van der Waals surface area contributed by atoms with Crippen molar-refractivity contribution >= 4 is 33.6 Å². The molecule has 2 rings (SSSR count). The van der Waals surface area contributed by atoms with Gasteiger partial charge in [0, 0.05) is 4.47 Å². The molecule has 0 heterocycles. The zero-order valence-electron chi connectivity index (χ0n) is 9.57. The molecule has 18 heavy (non-hydrogen) atoms. The molecule has 6 heteroatoms. The summed E-state index contributed by atoms with van der Waals surface area (Å²) in [5.74, 6) is -0.976. The summed E-state index contributed by atoms with van der Waals surface area (Å²) >= 11 is 3.31. The van der Waals surface area contributed by atoms with Gasteiger partial charge in [0.15, 0.2) is 0 Å². The molecule has 5 nitrogen and oxygen atoms in total. The summed E-state index contributed by atoms with van der Waals surface area (Å²) in [5.41, 5.74) is -0.486. The first-order valence-electron chi connectivity index (χ1n) is 5.61. The monoisotopic (exact) mass is 312 g/mol. The lowest BCUT2D eigenvalue weighted by molar-refractivity contribution is -0.148. The minimum Gasteiger partial charge on any atom is -0.480 e. The molecule has 1 aliphatic carbocycles. The van der Waals surface area contributed by atoms with Crippen LogP contribution in [0.25, 0.3) is 0 Å². The van der Waals surface area contributed by atoms with Gasteiger partial charge in [-0.25, -0.2) is 9.59 Å². The standard InChI is InChI=1S/C12H13BrN2O3/c13-8-4-1-2-5-9(8)14-11(18)15-12(10(16)17)6-3-7-12/h1-2,4-5H,3,6-7H2,(H,16,17)(H2,14,15,18). The summed E-state index contributed by atoms with van der Waals surface area (Å²) in [7, 11) is 0. The van der Waals surface area contributed by atoms with Crippen molar-refractivity contribution in [3.8, 4) is 0 Å². The number of hydrogen-bond donors (Lipinski definition) is 3. The van der Waals surface area contributed by atoms with Gasteiger partial charge < -0.3 is 15.7 Å². The Bertz CT molecular complexity index is 486. The van der Waals surface area contributed by atoms with Gasteiger partial charge in [-0.05, 0) is 47.3 Å². The zero-order chi connectivity index (χ0) is 13.2. The van der Waals surface area contributed by atoms with Crippen LogP contribution in [-0.4, -0.2) is 22.6 Å². The number of benzene rings is 1. The summed E-state index contributed by atoms with van der Waals surface area (Å²) < 4.78 is 0.748. The molecule has 1 fully saturated rings. The fourth-order valence-electron chi connectivity index (χ4n) is 1.86. The van der Waals surface area contributed by atoms with Gasteiger partial charge >= 0.3 is 12.0 Å². The number of nitrogens with one attached hydrogen (secondary N) is 2. The quantitative estimate of drug-likeness (QED) is 0.802. The first-order valence-corrected chi connectivity index (χ1v) is 6.40. The molecule has 0 unspecified atom stereocenters. The Morgan fingerprint density at radius 1 is 1.28 bits per heavy atom. The first kappa shape index (κ1) is 12.9. The van der Waals surface area contributed by atoms with Crippen molar-refractivity contribution in [2.45, 2.75) is 24.8 Å². The maximum Gasteiger partial charge on any atom is 0.329 e. The number of anilines is 1. The Hall–Kier alpha value is -1.56. The number of carbonyl (C=O) groups excluding carboxylic acids is 1. The molecule has 0 aromatic heterocycles. The van der Waals surface area contributed by atoms with Gasteiger partial charge in [0.25, 0.3) is 0 Å². The van der Waals surface area contributed by atoms with Gasteiger partial charge in [0.05, 0.1) is 5.69 Å². The van der Waals surface area contributed by atoms with Crippen LogP contribution in [0.15, 0.2) is 28.7 Å². The first-order chi connectivity index (χ1) is 8.53. The SMILES string of the molecule is O=C(Nc1ccccc1Br)NC1(C(=O)O)CCC1. The molecule has 0 spiro atoms. The van der Waals surface area contributed by atoms with Gasteiger partial charge in [0.2, 0.25) is 0 Å². The Morgan fingerprint density at radius 2 is 1.94 bits per heavy atom. The molecule has 2 amide bonds. The normalized spacial score (nSPS) is 16.5. The number of hydrogen-bond acceptors (Lipinski definition) is 2. The third-order valence-corrected chi connectivity index (χ3v) is 3.78. The number of carboxylic acid groups (broad SMARTS) is 1. The van der Waals surface area contributed by atoms with Crippen molar-refractivity contribution in [3.05, 3.63) is 28.7 Å². The predicted molar refractivity (Wildman–Crippen MR) is 70.5 cm³/mol. The third-order valence-electron chi connectivity index (χ3n) is 3.09. The number of carbonyl (C=O) groups is 2. The fraction of sp³-hybridized carbons (Fsp3) is 0.333. The van der Waals surface area contributed by atoms with E-state index in [9.17, 15) is 9.59 Å². The van der Waals surface area contributed by atoms with Crippen molar-refractivity contribution in [2.75, 3.05) is 5.32 Å². The number of halogens is 1. The summed E-state index contributed by atoms with van der Waals surface area (Å²) in [4.78, 5) is 22.9. The Kier molecular flexibility index (Phi) is 3.56. The minimum absolute atomic E-state index is 0.478. The lowest BCUT2D eigenvalue weighted by Crippen LogP contribution is -2.60. The van der Waals surface area contributed by atoms with Crippen molar-refractivity contribution in [3.63, 3.8) is 0 Å². The van der Waals surface area contributed by atoms with E-state index in [1.165, 1.54) is 0 Å². The highest BCUT2D eigenvalue weighted by atomic mass is 79.9. The average molecular weight is 313 g/mol. The number of rotatable bonds is 3. The molecule has 1 aliphatic rings. The molecule has 0 aliphatic heterocycles. The minimum atomic E-state index is -1.09. The highest BCUT2D eigenvalue weighted by Crippen LogP contribution is 2.32. The number of urea groups is 1. The molecule has 96 valence electrons. The fourth-order valence-corrected chi connectivity index (χ4v) is 2.24. The molecular formula is C12H13BrN2O3. The number of aliphatic carboxylic acids is 1. The second-order valence-electron chi connectivity index (χ2n) is 4.30. The summed E-state index contributed by atoms with van der Waals surface area (Å²) in [6, 6.07) is 6.65. The molecule has 1 aromatic carbocycles. The number of carboxylic acids is 1. The van der Waals surface area contributed by atoms with E-state index in [-0.39, 0.29) is 0 Å². The van der Waals surface area contributed by atoms with Gasteiger partial charge in [-0.15, -0.1) is 0 Å². The van der Waals surface area contributed by atoms with E-state index in [0.717, 1.165) is 10.9 Å². The van der Waals surface area contributed by atoms with Crippen LogP contribution >= 0.6 is 15.9 Å². The lowest BCUT2D eigenvalue weighted by Gasteiger charge is -2.38. The third kappa shape index (κ3) is 2.48. The van der Waals surface area contributed by atoms with Crippen molar-refractivity contribution < 1.29 is 14.7 Å². The lowest BCUT2D eigenvalue weighted by atomic mass is 9.77. The maximum absolute atomic E-state index is 11.8. The van der Waals surface area contributed by atoms with Gasteiger partial charge in [0.1, 0.15) is 5.54 Å². The van der Waals surface area contributed by atoms with E-state index in [1.807, 2.05) is 6.07 Å². The highest BCUT2D eigenvalue weighted by molar-refractivity contribution is 9.10. The van der Waals surface area contributed by atoms with Crippen molar-refractivity contribution in [1.82, 2.24) is 5.32 Å². The van der Waals surface area contributed by atoms with Gasteiger partial charge in [-0.1, -0.05) is 12.1 Å². The second-order valence-corrected chi connectivity index (χ2v) is 5.15. The van der Waals surface area contributed by atoms with E-state index < -0.39 is 17.5 Å². The summed E-state index contributed by atoms with van der Waals surface area (Å²) in [6.45, 7) is 0.